The molecule has 20 heavy (non-hydrogen) atoms. The van der Waals surface area contributed by atoms with Gasteiger partial charge in [-0.05, 0) is 38.8 Å². The summed E-state index contributed by atoms with van der Waals surface area (Å²) in [6, 6.07) is 3.86. The van der Waals surface area contributed by atoms with E-state index < -0.39 is 21.4 Å². The highest BCUT2D eigenvalue weighted by Gasteiger charge is 2.42. The van der Waals surface area contributed by atoms with Gasteiger partial charge < -0.3 is 5.73 Å². The fourth-order valence-corrected chi connectivity index (χ4v) is 4.94. The first kappa shape index (κ1) is 15.3. The van der Waals surface area contributed by atoms with Gasteiger partial charge in [0.1, 0.15) is 10.8 Å². The van der Waals surface area contributed by atoms with Crippen molar-refractivity contribution in [1.82, 2.24) is 4.31 Å². The molecule has 110 valence electrons. The quantitative estimate of drug-likeness (QED) is 0.867. The number of nitrogens with two attached hydrogens (primary N) is 1. The van der Waals surface area contributed by atoms with Crippen LogP contribution in [0, 0.1) is 5.82 Å². The van der Waals surface area contributed by atoms with Crippen LogP contribution in [0.1, 0.15) is 32.3 Å². The van der Waals surface area contributed by atoms with E-state index >= 15 is 0 Å². The molecule has 0 bridgehead atoms. The van der Waals surface area contributed by atoms with Gasteiger partial charge in [0.2, 0.25) is 10.0 Å². The zero-order chi connectivity index (χ0) is 15.1. The maximum Gasteiger partial charge on any atom is 0.244 e. The molecule has 0 unspecified atom stereocenters. The van der Waals surface area contributed by atoms with Gasteiger partial charge in [-0.3, -0.25) is 0 Å². The van der Waals surface area contributed by atoms with Gasteiger partial charge in [-0.1, -0.05) is 18.3 Å². The summed E-state index contributed by atoms with van der Waals surface area (Å²) in [5.41, 5.74) is 4.80. The highest BCUT2D eigenvalue weighted by atomic mass is 32.2. The van der Waals surface area contributed by atoms with Gasteiger partial charge in [0, 0.05) is 12.1 Å². The third-order valence-corrected chi connectivity index (χ3v) is 5.97. The summed E-state index contributed by atoms with van der Waals surface area (Å²) in [6.07, 6.45) is 1.55. The lowest BCUT2D eigenvalue weighted by atomic mass is 10.0. The molecule has 0 amide bonds. The summed E-state index contributed by atoms with van der Waals surface area (Å²) in [5.74, 6) is -0.712. The van der Waals surface area contributed by atoms with Crippen LogP contribution in [0.2, 0.25) is 0 Å². The SMILES string of the molecule is CC1(C)CCCN1S(=O)(=O)c1cccc(F)c1C(N)=S. The number of sulfonamides is 1. The Morgan fingerprint density at radius 1 is 1.45 bits per heavy atom. The van der Waals surface area contributed by atoms with Gasteiger partial charge in [-0.2, -0.15) is 4.31 Å². The van der Waals surface area contributed by atoms with Crippen molar-refractivity contribution in [1.29, 1.82) is 0 Å². The van der Waals surface area contributed by atoms with Crippen LogP contribution >= 0.6 is 12.2 Å². The second-order valence-electron chi connectivity index (χ2n) is 5.47. The molecule has 1 aliphatic rings. The number of benzene rings is 1. The van der Waals surface area contributed by atoms with Crippen LogP contribution in [-0.2, 0) is 10.0 Å². The molecule has 0 spiro atoms. The van der Waals surface area contributed by atoms with Crippen molar-refractivity contribution >= 4 is 27.2 Å². The molecule has 2 N–H and O–H groups in total. The maximum atomic E-state index is 13.9. The van der Waals surface area contributed by atoms with E-state index in [9.17, 15) is 12.8 Å². The lowest BCUT2D eigenvalue weighted by Crippen LogP contribution is -2.43. The van der Waals surface area contributed by atoms with Gasteiger partial charge in [0.25, 0.3) is 0 Å². The van der Waals surface area contributed by atoms with Crippen molar-refractivity contribution in [3.63, 3.8) is 0 Å². The van der Waals surface area contributed by atoms with Crippen LogP contribution in [0.3, 0.4) is 0 Å². The van der Waals surface area contributed by atoms with E-state index in [0.29, 0.717) is 6.54 Å². The van der Waals surface area contributed by atoms with Crippen molar-refractivity contribution in [2.45, 2.75) is 37.1 Å². The minimum absolute atomic E-state index is 0.153. The summed E-state index contributed by atoms with van der Waals surface area (Å²) in [7, 11) is -3.82. The molecule has 2 rings (SSSR count). The Hall–Kier alpha value is -1.05. The molecule has 1 aromatic carbocycles. The summed E-state index contributed by atoms with van der Waals surface area (Å²) in [5, 5.41) is 0. The van der Waals surface area contributed by atoms with Gasteiger partial charge in [0.05, 0.1) is 10.5 Å². The zero-order valence-electron chi connectivity index (χ0n) is 11.4. The van der Waals surface area contributed by atoms with Gasteiger partial charge >= 0.3 is 0 Å². The Morgan fingerprint density at radius 3 is 2.60 bits per heavy atom. The molecule has 4 nitrogen and oxygen atoms in total. The van der Waals surface area contributed by atoms with Crippen LogP contribution in [0.25, 0.3) is 0 Å². The first-order chi connectivity index (χ1) is 9.18. The predicted octanol–water partition coefficient (Wildman–Crippen LogP) is 2.02. The Balaban J connectivity index is 2.62. The summed E-state index contributed by atoms with van der Waals surface area (Å²) < 4.78 is 40.8. The standard InChI is InChI=1S/C13H17FN2O2S2/c1-13(2)7-4-8-16(13)20(17,18)10-6-3-5-9(14)11(10)12(15)19/h3,5-6H,4,7-8H2,1-2H3,(H2,15,19). The number of hydrogen-bond acceptors (Lipinski definition) is 3. The Bertz CT molecular complexity index is 656. The topological polar surface area (TPSA) is 63.4 Å². The first-order valence-electron chi connectivity index (χ1n) is 6.29. The van der Waals surface area contributed by atoms with Gasteiger partial charge in [-0.15, -0.1) is 0 Å². The number of nitrogens with zero attached hydrogens (tertiary/aromatic N) is 1. The summed E-state index contributed by atoms with van der Waals surface area (Å²) in [6.45, 7) is 4.14. The molecule has 0 radical (unpaired) electrons. The molecule has 0 saturated carbocycles. The average Bonchev–Trinajstić information content (AvgIpc) is 2.68. The second kappa shape index (κ2) is 5.05. The molecule has 1 aliphatic heterocycles. The third kappa shape index (κ3) is 2.45. The predicted molar refractivity (Wildman–Crippen MR) is 79.5 cm³/mol. The Labute approximate surface area is 123 Å². The van der Waals surface area contributed by atoms with Crippen molar-refractivity contribution in [2.24, 2.45) is 5.73 Å². The van der Waals surface area contributed by atoms with Crippen molar-refractivity contribution in [3.8, 4) is 0 Å². The number of rotatable bonds is 3. The molecule has 1 fully saturated rings. The Morgan fingerprint density at radius 2 is 2.10 bits per heavy atom. The van der Waals surface area contributed by atoms with Crippen LogP contribution in [0.15, 0.2) is 23.1 Å². The van der Waals surface area contributed by atoms with E-state index in [0.717, 1.165) is 18.9 Å². The molecule has 1 heterocycles. The molecule has 0 aromatic heterocycles. The van der Waals surface area contributed by atoms with Gasteiger partial charge in [0.15, 0.2) is 0 Å². The second-order valence-corrected chi connectivity index (χ2v) is 7.74. The third-order valence-electron chi connectivity index (χ3n) is 3.61. The van der Waals surface area contributed by atoms with E-state index in [4.69, 9.17) is 18.0 Å². The number of halogens is 1. The van der Waals surface area contributed by atoms with Crippen LogP contribution in [0.5, 0.6) is 0 Å². The fourth-order valence-electron chi connectivity index (χ4n) is 2.61. The molecule has 0 aliphatic carbocycles. The maximum absolute atomic E-state index is 13.9. The minimum atomic E-state index is -3.82. The highest BCUT2D eigenvalue weighted by Crippen LogP contribution is 2.35. The lowest BCUT2D eigenvalue weighted by molar-refractivity contribution is 0.291. The molecular weight excluding hydrogens is 299 g/mol. The van der Waals surface area contributed by atoms with E-state index in [1.165, 1.54) is 16.4 Å². The van der Waals surface area contributed by atoms with Crippen molar-refractivity contribution in [2.75, 3.05) is 6.54 Å². The van der Waals surface area contributed by atoms with E-state index in [2.05, 4.69) is 0 Å². The minimum Gasteiger partial charge on any atom is -0.389 e. The number of thiocarbonyl (C=S) groups is 1. The zero-order valence-corrected chi connectivity index (χ0v) is 13.0. The van der Waals surface area contributed by atoms with Crippen LogP contribution < -0.4 is 5.73 Å². The largest absolute Gasteiger partial charge is 0.389 e. The molecule has 1 aromatic rings. The fraction of sp³-hybridized carbons (Fsp3) is 0.462. The Kier molecular flexibility index (Phi) is 3.88. The summed E-state index contributed by atoms with van der Waals surface area (Å²) >= 11 is 4.79. The molecular formula is C13H17FN2O2S2. The van der Waals surface area contributed by atoms with Crippen molar-refractivity contribution in [3.05, 3.63) is 29.6 Å². The average molecular weight is 316 g/mol. The smallest absolute Gasteiger partial charge is 0.244 e. The monoisotopic (exact) mass is 316 g/mol. The van der Waals surface area contributed by atoms with E-state index in [-0.39, 0.29) is 15.4 Å². The molecule has 1 saturated heterocycles. The van der Waals surface area contributed by atoms with E-state index in [1.807, 2.05) is 13.8 Å². The van der Waals surface area contributed by atoms with E-state index in [1.54, 1.807) is 0 Å². The number of hydrogen-bond donors (Lipinski definition) is 1. The molecule has 7 heteroatoms. The molecule has 0 atom stereocenters. The highest BCUT2D eigenvalue weighted by molar-refractivity contribution is 7.89. The summed E-state index contributed by atoms with van der Waals surface area (Å²) in [4.78, 5) is -0.404. The van der Waals surface area contributed by atoms with Crippen LogP contribution in [0.4, 0.5) is 4.39 Å². The normalized spacial score (nSPS) is 19.1. The first-order valence-corrected chi connectivity index (χ1v) is 8.14. The van der Waals surface area contributed by atoms with Crippen molar-refractivity contribution < 1.29 is 12.8 Å². The lowest BCUT2D eigenvalue weighted by Gasteiger charge is -2.31. The van der Waals surface area contributed by atoms with Crippen LogP contribution in [-0.4, -0.2) is 29.8 Å². The van der Waals surface area contributed by atoms with Gasteiger partial charge in [-0.25, -0.2) is 12.8 Å².